The minimum absolute atomic E-state index is 0.0602. The first-order valence-corrected chi connectivity index (χ1v) is 49.1. The van der Waals surface area contributed by atoms with Crippen molar-refractivity contribution in [3.63, 3.8) is 0 Å². The van der Waals surface area contributed by atoms with Gasteiger partial charge in [-0.05, 0) is 72.3 Å². The van der Waals surface area contributed by atoms with Crippen LogP contribution in [0.25, 0.3) is 0 Å². The Morgan fingerprint density at radius 2 is 0.766 bits per heavy atom. The largest absolute Gasteiger partial charge is 0.462 e. The van der Waals surface area contributed by atoms with Crippen LogP contribution in [0.3, 0.4) is 0 Å². The third-order valence-corrected chi connectivity index (χ3v) is 25.5. The average molecular weight is 2060 g/mol. The number of aliphatic imine (C=N–C) groups is 1. The Labute approximate surface area is 847 Å². The van der Waals surface area contributed by atoms with E-state index in [1.165, 1.54) is 25.7 Å². The number of hydrogen-bond donors (Lipinski definition) is 29. The van der Waals surface area contributed by atoms with Crippen LogP contribution in [0.5, 0.6) is 0 Å². The van der Waals surface area contributed by atoms with E-state index in [4.69, 9.17) is 66.2 Å². The van der Waals surface area contributed by atoms with Gasteiger partial charge in [0.05, 0.1) is 159 Å². The van der Waals surface area contributed by atoms with Crippen molar-refractivity contribution in [1.29, 1.82) is 5.41 Å². The molecule has 818 valence electrons. The highest BCUT2D eigenvalue weighted by Crippen LogP contribution is 2.39. The zero-order valence-electron chi connectivity index (χ0n) is 84.0. The molecule has 0 aromatic carbocycles. The number of aliphatic hydroxyl groups is 20. The van der Waals surface area contributed by atoms with E-state index in [2.05, 4.69) is 31.4 Å². The monoisotopic (exact) mass is 2060 g/mol. The topological polar surface area (TPSA) is 753 Å². The number of rotatable bonds is 7. The predicted octanol–water partition coefficient (Wildman–Crippen LogP) is -0.444. The molecule has 6 aliphatic rings. The Morgan fingerprint density at radius 1 is 0.421 bits per heavy atom. The number of esters is 2. The number of hydrogen-bond acceptors (Lipinski definition) is 36. The molecular weight excluding hydrogens is 1890 g/mol. The fourth-order valence-electron chi connectivity index (χ4n) is 16.8. The van der Waals surface area contributed by atoms with Gasteiger partial charge in [0.15, 0.2) is 30.1 Å². The highest BCUT2D eigenvalue weighted by atomic mass is 16.7. The molecule has 0 radical (unpaired) electrons. The van der Waals surface area contributed by atoms with Crippen LogP contribution >= 0.6 is 0 Å². The van der Waals surface area contributed by atoms with Crippen molar-refractivity contribution in [2.75, 3.05) is 14.1 Å². The van der Waals surface area contributed by atoms with Gasteiger partial charge in [-0.3, -0.25) is 15.0 Å². The van der Waals surface area contributed by atoms with E-state index in [9.17, 15) is 121 Å². The van der Waals surface area contributed by atoms with E-state index in [1.54, 1.807) is 156 Å². The molecule has 38 atom stereocenters. The summed E-state index contributed by atoms with van der Waals surface area (Å²) in [6, 6.07) is -4.32. The lowest BCUT2D eigenvalue weighted by molar-refractivity contribution is -0.303. The summed E-state index contributed by atoms with van der Waals surface area (Å²) < 4.78 is 48.6. The van der Waals surface area contributed by atoms with Gasteiger partial charge in [0.25, 0.3) is 0 Å². The lowest BCUT2D eigenvalue weighted by Crippen LogP contribution is -2.63. The number of guanidine groups is 1. The van der Waals surface area contributed by atoms with E-state index in [1.807, 2.05) is 80.7 Å². The summed E-state index contributed by atoms with van der Waals surface area (Å²) >= 11 is 0. The third-order valence-electron chi connectivity index (χ3n) is 25.5. The molecule has 0 saturated carbocycles. The number of aliphatic hydroxyl groups excluding tert-OH is 18. The number of allylic oxidation sites excluding steroid dienone is 24. The Hall–Kier alpha value is -9.29. The number of nitrogens with zero attached hydrogens (tertiary/aromatic N) is 3. The maximum absolute atomic E-state index is 12.7. The molecule has 1 aromatic heterocycles. The van der Waals surface area contributed by atoms with Crippen molar-refractivity contribution in [3.8, 4) is 0 Å². The number of nitrogens with one attached hydrogen (secondary N) is 5. The molecule has 0 aliphatic carbocycles. The number of fused-ring (bicyclic) bond motifs is 4. The number of nitrogens with two attached hydrogens (primary N) is 4. The predicted molar refractivity (Wildman–Crippen MR) is 536 cm³/mol. The number of carbonyl (C=O) groups is 4. The van der Waals surface area contributed by atoms with Gasteiger partial charge in [0.1, 0.15) is 36.6 Å². The Bertz CT molecular complexity index is 4460. The number of cyclic esters (lactones) is 2. The summed E-state index contributed by atoms with van der Waals surface area (Å²) in [5, 5.41) is 240. The third kappa shape index (κ3) is 45.8. The van der Waals surface area contributed by atoms with Gasteiger partial charge in [-0.2, -0.15) is 5.10 Å². The summed E-state index contributed by atoms with van der Waals surface area (Å²) in [4.78, 5) is 54.5. The molecule has 6 aliphatic heterocycles. The quantitative estimate of drug-likeness (QED) is 0.0934. The fraction of sp³-hybridized carbons (Fsp3) is 0.634. The van der Waals surface area contributed by atoms with Crippen LogP contribution in [0.1, 0.15) is 158 Å². The number of aromatic nitrogens is 2. The molecule has 44 heteroatoms. The van der Waals surface area contributed by atoms with Crippen molar-refractivity contribution in [2.45, 2.75) is 365 Å². The van der Waals surface area contributed by atoms with Crippen LogP contribution in [0.15, 0.2) is 194 Å². The van der Waals surface area contributed by atoms with Gasteiger partial charge in [-0.25, -0.2) is 19.3 Å². The second kappa shape index (κ2) is 64.9. The lowest BCUT2D eigenvalue weighted by atomic mass is 9.87. The number of carbonyl (C=O) groups excluding carboxylic acids is 4. The normalized spacial score (nSPS) is 41.7. The Kier molecular flexibility index (Phi) is 56.4. The van der Waals surface area contributed by atoms with Crippen LogP contribution < -0.4 is 44.2 Å². The molecule has 145 heavy (non-hydrogen) atoms. The Morgan fingerprint density at radius 3 is 1.10 bits per heavy atom. The average Bonchev–Trinajstić information content (AvgIpc) is 0.846. The summed E-state index contributed by atoms with van der Waals surface area (Å²) in [5.74, 6) is -7.87. The number of ether oxygens (including phenoxy) is 8. The maximum Gasteiger partial charge on any atom is 0.314 e. The highest BCUT2D eigenvalue weighted by Gasteiger charge is 2.52. The van der Waals surface area contributed by atoms with Gasteiger partial charge < -0.3 is 184 Å². The van der Waals surface area contributed by atoms with Crippen molar-refractivity contribution in [1.82, 2.24) is 31.0 Å². The SMILES string of the molecule is CNC(=O)N[C@H]1[C@@H]2C[C@@H](O[C@@H]3O[C@H](C)[C@@H](O)[C@H](N)[C@@H]3O)/C=C/C=C/C=C/C=C/C=C/C=C/C=C/C(C)[C@@H](O)[C@@H](C)[C@H](C)OC(=O)C[C@H](O)C[C@H](O)CC[C@@H](O)[C@H](O)C[C@H](O)C[C@](O)(C[C@@H]1O)O2.CNC(=O)N[C@H]1[C@@H]2C[C@@H](O[C@@H]3O[C@H](C)[C@@H](O)[C@H](N=C(N)N)[C@@H]3O)/C=C/C=C/C=C/C=C/C=C/C=C/C=C/C(C)[C@@H](O)[C@@H](C)[C@H](C)OC(=O)C[C@H](O)C[C@H](O)CC[C@@H](O)[C@H](O)C[C@H](O)C[C@](O)(C[C@@H]1O)O2.N=C(N)n1cccn1. The van der Waals surface area contributed by atoms with Crippen LogP contribution in [-0.2, 0) is 47.5 Å². The standard InChI is InChI=1S/C49H79N5O16.C48H77N3O16.C4H6N4/c1-28-18-16-14-12-10-8-6-7-9-11-13-15-17-19-35(69-46-45(64)42(53-47(50)51)44(63)31(4)68-46)25-39-41(54-48(65)52-5)38(60)27-49(66,70-39)26-34(57)23-37(59)36(58)21-20-32(55)22-33(56)24-40(61)67-30(3)29(2)43(28)62;1-28-18-16-14-12-10-8-6-7-9-11-13-15-17-19-35(66-46-45(61)41(49)44(60)31(4)65-46)25-39-42(51-47(62)50-5)38(57)27-48(63,67-39)26-34(54)23-37(56)36(55)21-20-32(52)22-33(53)24-40(58)64-30(3)29(2)43(28)59;5-4(6)8-3-1-2-7-8/h6-19,28-39,41-46,55-60,62-64,66H,20-27H2,1-5H3,(H4,50,51,53)(H2,52,54,65);6-19,28-39,41-46,52-57,59-61,63H,20-27,49H2,1-5H3,(H2,50,51,62);1-3H,(H3,5,6)/b2*7-6+,10-8+,11-9+,14-12+,15-13+,18-16+,19-17+;/t28?,29-,30-,31+,32+,33+,34-,35-,36+,37+,38-,39-,41+,42-,43+,44+,45-,46-,49+;28?,29-,30-,31+,32+,33+,34-,35-,36+,37+,38-,39-,41-,42+,43+,44+,45-,46-,48+;/m00./s1. The molecule has 33 N–H and O–H groups in total. The van der Waals surface area contributed by atoms with Crippen LogP contribution in [-0.4, -0.2) is 369 Å². The summed E-state index contributed by atoms with van der Waals surface area (Å²) in [7, 11) is 2.73. The zero-order valence-corrected chi connectivity index (χ0v) is 84.0. The molecule has 7 heterocycles. The van der Waals surface area contributed by atoms with Crippen molar-refractivity contribution < 1.29 is 159 Å². The molecule has 1 aromatic rings. The van der Waals surface area contributed by atoms with Crippen molar-refractivity contribution in [3.05, 3.63) is 189 Å². The van der Waals surface area contributed by atoms with E-state index in [-0.39, 0.29) is 69.2 Å². The van der Waals surface area contributed by atoms with E-state index in [0.29, 0.717) is 0 Å². The molecule has 44 nitrogen and oxygen atoms in total. The number of nitrogen functional groups attached to an aromatic ring is 1. The minimum atomic E-state index is -2.26. The Balaban J connectivity index is 0.000000473. The summed E-state index contributed by atoms with van der Waals surface area (Å²) in [6.45, 7) is 13.5. The van der Waals surface area contributed by atoms with Crippen LogP contribution in [0.2, 0.25) is 0 Å². The van der Waals surface area contributed by atoms with Crippen molar-refractivity contribution in [2.24, 2.45) is 51.6 Å². The summed E-state index contributed by atoms with van der Waals surface area (Å²) in [6.07, 6.45) is 12.5. The first-order valence-electron chi connectivity index (χ1n) is 49.1. The van der Waals surface area contributed by atoms with Crippen LogP contribution in [0.4, 0.5) is 9.59 Å². The van der Waals surface area contributed by atoms with Gasteiger partial charge in [-0.1, -0.05) is 198 Å². The van der Waals surface area contributed by atoms with Gasteiger partial charge in [-0.15, -0.1) is 0 Å². The molecule has 2 unspecified atom stereocenters. The molecular formula is C101H162N12O32. The maximum atomic E-state index is 12.7. The number of amides is 4. The van der Waals surface area contributed by atoms with Crippen molar-refractivity contribution >= 4 is 35.9 Å². The minimum Gasteiger partial charge on any atom is -0.462 e. The molecule has 4 fully saturated rings. The molecule has 0 spiro atoms. The molecule has 7 rings (SSSR count). The smallest absolute Gasteiger partial charge is 0.314 e. The fourth-order valence-corrected chi connectivity index (χ4v) is 16.8. The molecule has 4 saturated heterocycles. The van der Waals surface area contributed by atoms with Gasteiger partial charge in [0, 0.05) is 102 Å². The first kappa shape index (κ1) is 126. The number of urea groups is 2. The molecule has 4 amide bonds. The van der Waals surface area contributed by atoms with Crippen LogP contribution in [0, 0.1) is 29.1 Å². The molecule has 4 bridgehead atoms. The second-order valence-electron chi connectivity index (χ2n) is 37.7. The summed E-state index contributed by atoms with van der Waals surface area (Å²) in [5.41, 5.74) is 22.3. The zero-order chi connectivity index (χ0) is 108. The first-order chi connectivity index (χ1) is 68.5. The second-order valence-corrected chi connectivity index (χ2v) is 37.7. The van der Waals surface area contributed by atoms with Gasteiger partial charge in [0.2, 0.25) is 5.96 Å². The van der Waals surface area contributed by atoms with E-state index >= 15 is 0 Å². The van der Waals surface area contributed by atoms with Gasteiger partial charge >= 0.3 is 24.0 Å². The lowest BCUT2D eigenvalue weighted by Gasteiger charge is -2.46. The highest BCUT2D eigenvalue weighted by molar-refractivity contribution is 5.76. The van der Waals surface area contributed by atoms with E-state index < -0.39 is 300 Å². The van der Waals surface area contributed by atoms with E-state index in [0.717, 1.165) is 0 Å².